The maximum absolute atomic E-state index is 12.2. The third-order valence-corrected chi connectivity index (χ3v) is 4.65. The van der Waals surface area contributed by atoms with Gasteiger partial charge in [-0.1, -0.05) is 18.7 Å². The van der Waals surface area contributed by atoms with Gasteiger partial charge in [-0.15, -0.1) is 10.2 Å². The van der Waals surface area contributed by atoms with Gasteiger partial charge in [0.05, 0.1) is 5.75 Å². The smallest absolute Gasteiger partial charge is 0.277 e. The van der Waals surface area contributed by atoms with Gasteiger partial charge in [0.2, 0.25) is 11.8 Å². The first-order chi connectivity index (χ1) is 11.1. The molecule has 1 amide bonds. The van der Waals surface area contributed by atoms with Crippen molar-refractivity contribution in [2.75, 3.05) is 18.8 Å². The lowest BCUT2D eigenvalue weighted by Crippen LogP contribution is -2.40. The molecule has 1 N–H and O–H groups in total. The molecule has 2 aromatic rings. The zero-order valence-electron chi connectivity index (χ0n) is 12.9. The van der Waals surface area contributed by atoms with Gasteiger partial charge in [-0.25, -0.2) is 0 Å². The van der Waals surface area contributed by atoms with E-state index in [0.29, 0.717) is 22.8 Å². The highest BCUT2D eigenvalue weighted by Crippen LogP contribution is 2.25. The summed E-state index contributed by atoms with van der Waals surface area (Å²) < 4.78 is 5.56. The topological polar surface area (TPSA) is 79.5 Å². The molecule has 0 spiro atoms. The molecule has 1 fully saturated rings. The molecule has 122 valence electrons. The van der Waals surface area contributed by atoms with E-state index < -0.39 is 0 Å². The van der Waals surface area contributed by atoms with Crippen LogP contribution in [0, 0.1) is 5.92 Å². The van der Waals surface area contributed by atoms with E-state index in [9.17, 15) is 9.90 Å². The normalized spacial score (nSPS) is 18.1. The predicted molar refractivity (Wildman–Crippen MR) is 87.1 cm³/mol. The van der Waals surface area contributed by atoms with Crippen LogP contribution in [0.1, 0.15) is 19.8 Å². The molecule has 0 radical (unpaired) electrons. The molecule has 23 heavy (non-hydrogen) atoms. The molecule has 2 heterocycles. The third-order valence-electron chi connectivity index (χ3n) is 3.85. The minimum atomic E-state index is 0.117. The van der Waals surface area contributed by atoms with Crippen molar-refractivity contribution in [3.63, 3.8) is 0 Å². The number of benzene rings is 1. The van der Waals surface area contributed by atoms with Crippen molar-refractivity contribution in [3.8, 4) is 17.2 Å². The summed E-state index contributed by atoms with van der Waals surface area (Å²) >= 11 is 1.26. The van der Waals surface area contributed by atoms with Crippen LogP contribution >= 0.6 is 11.8 Å². The molecule has 0 unspecified atom stereocenters. The molecule has 0 bridgehead atoms. The number of hydrogen-bond acceptors (Lipinski definition) is 6. The van der Waals surface area contributed by atoms with Gasteiger partial charge in [0, 0.05) is 18.7 Å². The number of phenols is 1. The highest BCUT2D eigenvalue weighted by molar-refractivity contribution is 7.99. The predicted octanol–water partition coefficient (Wildman–Crippen LogP) is 2.79. The lowest BCUT2D eigenvalue weighted by Gasteiger charge is -2.30. The Morgan fingerprint density at radius 3 is 2.91 bits per heavy atom. The molecular formula is C16H19N3O3S. The Morgan fingerprint density at radius 2 is 2.17 bits per heavy atom. The summed E-state index contributed by atoms with van der Waals surface area (Å²) in [5, 5.41) is 17.6. The fourth-order valence-electron chi connectivity index (χ4n) is 2.62. The number of carbonyl (C=O) groups excluding carboxylic acids is 1. The van der Waals surface area contributed by atoms with Crippen molar-refractivity contribution in [1.82, 2.24) is 15.1 Å². The van der Waals surface area contributed by atoms with Gasteiger partial charge >= 0.3 is 0 Å². The number of carbonyl (C=O) groups is 1. The highest BCUT2D eigenvalue weighted by Gasteiger charge is 2.21. The standard InChI is InChI=1S/C16H19N3O3S/c1-11-3-2-8-19(9-11)14(21)10-23-16-18-17-15(22-16)12-4-6-13(20)7-5-12/h4-7,11,20H,2-3,8-10H2,1H3/t11-/m1/s1. The molecular weight excluding hydrogens is 314 g/mol. The van der Waals surface area contributed by atoms with Crippen LogP contribution in [-0.2, 0) is 4.79 Å². The SMILES string of the molecule is C[C@@H]1CCCN(C(=O)CSc2nnc(-c3ccc(O)cc3)o2)C1. The lowest BCUT2D eigenvalue weighted by atomic mass is 10.0. The van der Waals surface area contributed by atoms with E-state index in [4.69, 9.17) is 4.42 Å². The molecule has 7 heteroatoms. The summed E-state index contributed by atoms with van der Waals surface area (Å²) in [5.41, 5.74) is 0.735. The Kier molecular flexibility index (Phi) is 4.85. The average Bonchev–Trinajstić information content (AvgIpc) is 3.02. The molecule has 6 nitrogen and oxygen atoms in total. The Morgan fingerprint density at radius 1 is 1.39 bits per heavy atom. The fraction of sp³-hybridized carbons (Fsp3) is 0.438. The first-order valence-corrected chi connectivity index (χ1v) is 8.64. The van der Waals surface area contributed by atoms with Crippen LogP contribution < -0.4 is 0 Å². The third kappa shape index (κ3) is 4.04. The van der Waals surface area contributed by atoms with Gasteiger partial charge in [-0.05, 0) is 43.0 Å². The number of amides is 1. The maximum Gasteiger partial charge on any atom is 0.277 e. The molecule has 1 aliphatic heterocycles. The molecule has 0 saturated carbocycles. The van der Waals surface area contributed by atoms with E-state index in [0.717, 1.165) is 25.1 Å². The van der Waals surface area contributed by atoms with Crippen LogP contribution in [0.4, 0.5) is 0 Å². The molecule has 1 saturated heterocycles. The number of rotatable bonds is 4. The first-order valence-electron chi connectivity index (χ1n) is 7.65. The van der Waals surface area contributed by atoms with E-state index in [1.165, 1.54) is 18.2 Å². The van der Waals surface area contributed by atoms with Crippen LogP contribution in [0.3, 0.4) is 0 Å². The number of phenolic OH excluding ortho intramolecular Hbond substituents is 1. The average molecular weight is 333 g/mol. The van der Waals surface area contributed by atoms with E-state index >= 15 is 0 Å². The molecule has 1 aliphatic rings. The van der Waals surface area contributed by atoms with Crippen molar-refractivity contribution in [3.05, 3.63) is 24.3 Å². The summed E-state index contributed by atoms with van der Waals surface area (Å²) in [4.78, 5) is 14.1. The fourth-order valence-corrected chi connectivity index (χ4v) is 3.29. The number of nitrogens with zero attached hydrogens (tertiary/aromatic N) is 3. The van der Waals surface area contributed by atoms with Crippen LogP contribution in [-0.4, -0.2) is 45.0 Å². The van der Waals surface area contributed by atoms with Crippen LogP contribution in [0.15, 0.2) is 33.9 Å². The number of thioether (sulfide) groups is 1. The number of piperidine rings is 1. The quantitative estimate of drug-likeness (QED) is 0.867. The van der Waals surface area contributed by atoms with Gasteiger partial charge in [0.25, 0.3) is 5.22 Å². The van der Waals surface area contributed by atoms with Crippen LogP contribution in [0.2, 0.25) is 0 Å². The summed E-state index contributed by atoms with van der Waals surface area (Å²) in [5.74, 6) is 1.56. The second kappa shape index (κ2) is 7.04. The van der Waals surface area contributed by atoms with E-state index in [-0.39, 0.29) is 11.7 Å². The van der Waals surface area contributed by atoms with Crippen molar-refractivity contribution in [2.45, 2.75) is 25.0 Å². The second-order valence-corrected chi connectivity index (χ2v) is 6.72. The zero-order valence-corrected chi connectivity index (χ0v) is 13.8. The summed E-state index contributed by atoms with van der Waals surface area (Å²) in [6.45, 7) is 3.85. The van der Waals surface area contributed by atoms with Crippen molar-refractivity contribution in [1.29, 1.82) is 0 Å². The van der Waals surface area contributed by atoms with Crippen molar-refractivity contribution < 1.29 is 14.3 Å². The molecule has 1 aromatic carbocycles. The monoisotopic (exact) mass is 333 g/mol. The minimum Gasteiger partial charge on any atom is -0.508 e. The molecule has 1 atom stereocenters. The highest BCUT2D eigenvalue weighted by atomic mass is 32.2. The van der Waals surface area contributed by atoms with Crippen molar-refractivity contribution in [2.24, 2.45) is 5.92 Å². The van der Waals surface area contributed by atoms with Crippen molar-refractivity contribution >= 4 is 17.7 Å². The zero-order chi connectivity index (χ0) is 16.2. The molecule has 1 aromatic heterocycles. The Hall–Kier alpha value is -2.02. The Bertz CT molecular complexity index is 671. The van der Waals surface area contributed by atoms with Gasteiger partial charge in [0.1, 0.15) is 5.75 Å². The number of aromatic nitrogens is 2. The minimum absolute atomic E-state index is 0.117. The van der Waals surface area contributed by atoms with Gasteiger partial charge in [0.15, 0.2) is 0 Å². The lowest BCUT2D eigenvalue weighted by molar-refractivity contribution is -0.130. The van der Waals surface area contributed by atoms with E-state index in [1.54, 1.807) is 24.3 Å². The first kappa shape index (κ1) is 15.9. The van der Waals surface area contributed by atoms with E-state index in [2.05, 4.69) is 17.1 Å². The van der Waals surface area contributed by atoms with Crippen LogP contribution in [0.5, 0.6) is 5.75 Å². The molecule has 0 aliphatic carbocycles. The summed E-state index contributed by atoms with van der Waals surface area (Å²) in [6.07, 6.45) is 2.26. The van der Waals surface area contributed by atoms with Crippen LogP contribution in [0.25, 0.3) is 11.5 Å². The van der Waals surface area contributed by atoms with E-state index in [1.807, 2.05) is 4.90 Å². The Labute approximate surface area is 138 Å². The maximum atomic E-state index is 12.2. The second-order valence-electron chi connectivity index (χ2n) is 5.80. The summed E-state index contributed by atoms with van der Waals surface area (Å²) in [7, 11) is 0. The number of hydrogen-bond donors (Lipinski definition) is 1. The summed E-state index contributed by atoms with van der Waals surface area (Å²) in [6, 6.07) is 6.54. The molecule has 3 rings (SSSR count). The van der Waals surface area contributed by atoms with Gasteiger partial charge in [-0.3, -0.25) is 4.79 Å². The van der Waals surface area contributed by atoms with Gasteiger partial charge in [-0.2, -0.15) is 0 Å². The largest absolute Gasteiger partial charge is 0.508 e. The number of likely N-dealkylation sites (tertiary alicyclic amines) is 1. The van der Waals surface area contributed by atoms with Gasteiger partial charge < -0.3 is 14.4 Å². The Balaban J connectivity index is 1.56. The number of aromatic hydroxyl groups is 1.